The van der Waals surface area contributed by atoms with Gasteiger partial charge in [0, 0.05) is 17.1 Å². The van der Waals surface area contributed by atoms with E-state index in [-0.39, 0.29) is 0 Å². The van der Waals surface area contributed by atoms with E-state index in [0.717, 1.165) is 52.5 Å². The molecule has 5 aromatic rings. The molecule has 41 heavy (non-hydrogen) atoms. The van der Waals surface area contributed by atoms with Gasteiger partial charge in [0.1, 0.15) is 0 Å². The maximum absolute atomic E-state index is 13.2. The van der Waals surface area contributed by atoms with Crippen LogP contribution in [-0.2, 0) is 12.4 Å². The van der Waals surface area contributed by atoms with E-state index >= 15 is 0 Å². The Morgan fingerprint density at radius 1 is 0.463 bits per heavy atom. The Morgan fingerprint density at radius 2 is 0.902 bits per heavy atom. The first kappa shape index (κ1) is 28.0. The monoisotopic (exact) mass is 561 g/mol. The van der Waals surface area contributed by atoms with Crippen LogP contribution in [0.5, 0.6) is 0 Å². The molecule has 0 amide bonds. The SMILES string of the molecule is Cc1ccc(N(c2ccc(-c3cccc(C(F)(F)F)c3)cc2)c2ccc(-c3cccc(C(F)(F)F)c3)cc2)c(C)c1. The molecule has 0 aliphatic heterocycles. The molecule has 0 atom stereocenters. The predicted molar refractivity (Wildman–Crippen MR) is 151 cm³/mol. The number of anilines is 3. The van der Waals surface area contributed by atoms with Gasteiger partial charge in [0.2, 0.25) is 0 Å². The van der Waals surface area contributed by atoms with Crippen LogP contribution < -0.4 is 4.90 Å². The highest BCUT2D eigenvalue weighted by molar-refractivity contribution is 5.81. The van der Waals surface area contributed by atoms with Gasteiger partial charge in [-0.25, -0.2) is 0 Å². The zero-order valence-corrected chi connectivity index (χ0v) is 22.2. The maximum Gasteiger partial charge on any atom is 0.416 e. The van der Waals surface area contributed by atoms with Crippen LogP contribution in [0.4, 0.5) is 43.4 Å². The molecule has 0 radical (unpaired) electrons. The lowest BCUT2D eigenvalue weighted by Gasteiger charge is -2.27. The summed E-state index contributed by atoms with van der Waals surface area (Å²) in [6.45, 7) is 3.98. The molecule has 0 aliphatic carbocycles. The molecule has 0 N–H and O–H groups in total. The summed E-state index contributed by atoms with van der Waals surface area (Å²) in [5, 5.41) is 0. The van der Waals surface area contributed by atoms with Gasteiger partial charge >= 0.3 is 12.4 Å². The lowest BCUT2D eigenvalue weighted by molar-refractivity contribution is -0.138. The van der Waals surface area contributed by atoms with Crippen molar-refractivity contribution in [3.05, 3.63) is 138 Å². The van der Waals surface area contributed by atoms with Crippen molar-refractivity contribution in [3.63, 3.8) is 0 Å². The van der Waals surface area contributed by atoms with E-state index in [2.05, 4.69) is 6.07 Å². The quantitative estimate of drug-likeness (QED) is 0.193. The van der Waals surface area contributed by atoms with E-state index in [0.29, 0.717) is 22.3 Å². The number of hydrogen-bond acceptors (Lipinski definition) is 1. The van der Waals surface area contributed by atoms with E-state index in [4.69, 9.17) is 0 Å². The minimum Gasteiger partial charge on any atom is -0.310 e. The summed E-state index contributed by atoms with van der Waals surface area (Å²) in [5.74, 6) is 0. The van der Waals surface area contributed by atoms with Crippen LogP contribution in [0.25, 0.3) is 22.3 Å². The molecule has 0 saturated heterocycles. The van der Waals surface area contributed by atoms with Crippen LogP contribution >= 0.6 is 0 Å². The molecule has 208 valence electrons. The van der Waals surface area contributed by atoms with E-state index in [1.165, 1.54) is 12.1 Å². The summed E-state index contributed by atoms with van der Waals surface area (Å²) >= 11 is 0. The van der Waals surface area contributed by atoms with Crippen molar-refractivity contribution < 1.29 is 26.3 Å². The second kappa shape index (κ2) is 10.8. The van der Waals surface area contributed by atoms with Crippen molar-refractivity contribution in [1.82, 2.24) is 0 Å². The molecular formula is C34H25F6N. The molecule has 0 aliphatic rings. The highest BCUT2D eigenvalue weighted by Crippen LogP contribution is 2.39. The predicted octanol–water partition coefficient (Wildman–Crippen LogP) is 11.1. The van der Waals surface area contributed by atoms with Gasteiger partial charge in [0.05, 0.1) is 11.1 Å². The van der Waals surface area contributed by atoms with E-state index < -0.39 is 23.5 Å². The number of aryl methyl sites for hydroxylation is 2. The van der Waals surface area contributed by atoms with Crippen LogP contribution in [0, 0.1) is 13.8 Å². The summed E-state index contributed by atoms with van der Waals surface area (Å²) in [4.78, 5) is 2.01. The molecule has 0 bridgehead atoms. The zero-order valence-electron chi connectivity index (χ0n) is 22.2. The summed E-state index contributed by atoms with van der Waals surface area (Å²) < 4.78 is 79.5. The molecular weight excluding hydrogens is 536 g/mol. The van der Waals surface area contributed by atoms with E-state index in [1.807, 2.05) is 55.1 Å². The molecule has 0 aromatic heterocycles. The van der Waals surface area contributed by atoms with Crippen molar-refractivity contribution in [2.75, 3.05) is 4.90 Å². The number of rotatable bonds is 5. The van der Waals surface area contributed by atoms with Gasteiger partial charge in [-0.15, -0.1) is 0 Å². The van der Waals surface area contributed by atoms with Crippen molar-refractivity contribution in [1.29, 1.82) is 0 Å². The third-order valence-electron chi connectivity index (χ3n) is 6.89. The molecule has 0 heterocycles. The first-order valence-electron chi connectivity index (χ1n) is 12.8. The van der Waals surface area contributed by atoms with Crippen molar-refractivity contribution in [2.24, 2.45) is 0 Å². The van der Waals surface area contributed by atoms with Crippen LogP contribution in [0.3, 0.4) is 0 Å². The number of halogens is 6. The summed E-state index contributed by atoms with van der Waals surface area (Å²) in [6, 6.07) is 30.9. The fourth-order valence-corrected chi connectivity index (χ4v) is 4.84. The van der Waals surface area contributed by atoms with Crippen LogP contribution in [-0.4, -0.2) is 0 Å². The molecule has 0 spiro atoms. The number of hydrogen-bond donors (Lipinski definition) is 0. The largest absolute Gasteiger partial charge is 0.416 e. The normalized spacial score (nSPS) is 11.9. The molecule has 0 saturated carbocycles. The second-order valence-corrected chi connectivity index (χ2v) is 9.88. The molecule has 5 aromatic carbocycles. The molecule has 0 unspecified atom stereocenters. The second-order valence-electron chi connectivity index (χ2n) is 9.88. The standard InChI is InChI=1S/C34H25F6N/c1-22-9-18-32(23(2)19-22)41(30-14-10-24(11-15-30)26-5-3-7-28(20-26)33(35,36)37)31-16-12-25(13-17-31)27-6-4-8-29(21-27)34(38,39)40/h3-21H,1-2H3. The average molecular weight is 562 g/mol. The highest BCUT2D eigenvalue weighted by atomic mass is 19.4. The third kappa shape index (κ3) is 6.14. The van der Waals surface area contributed by atoms with Crippen LogP contribution in [0.15, 0.2) is 115 Å². The fraction of sp³-hybridized carbons (Fsp3) is 0.118. The van der Waals surface area contributed by atoms with Gasteiger partial charge in [-0.3, -0.25) is 0 Å². The Balaban J connectivity index is 1.54. The molecule has 1 nitrogen and oxygen atoms in total. The topological polar surface area (TPSA) is 3.24 Å². The van der Waals surface area contributed by atoms with Crippen LogP contribution in [0.1, 0.15) is 22.3 Å². The van der Waals surface area contributed by atoms with E-state index in [9.17, 15) is 26.3 Å². The number of benzene rings is 5. The van der Waals surface area contributed by atoms with Gasteiger partial charge in [-0.2, -0.15) is 26.3 Å². The average Bonchev–Trinajstić information content (AvgIpc) is 2.94. The minimum absolute atomic E-state index is 0.454. The number of alkyl halides is 6. The van der Waals surface area contributed by atoms with E-state index in [1.54, 1.807) is 36.4 Å². The Hall–Kier alpha value is -4.52. The Labute approximate surface area is 234 Å². The summed E-state index contributed by atoms with van der Waals surface area (Å²) in [5.41, 5.74) is 5.31. The first-order valence-corrected chi connectivity index (χ1v) is 12.8. The van der Waals surface area contributed by atoms with Crippen molar-refractivity contribution in [3.8, 4) is 22.3 Å². The smallest absolute Gasteiger partial charge is 0.310 e. The lowest BCUT2D eigenvalue weighted by Crippen LogP contribution is -2.11. The van der Waals surface area contributed by atoms with Gasteiger partial charge in [-0.05, 0) is 96.3 Å². The Morgan fingerprint density at radius 3 is 1.29 bits per heavy atom. The van der Waals surface area contributed by atoms with Gasteiger partial charge in [0.15, 0.2) is 0 Å². The van der Waals surface area contributed by atoms with Gasteiger partial charge in [-0.1, -0.05) is 66.2 Å². The van der Waals surface area contributed by atoms with Gasteiger partial charge < -0.3 is 4.90 Å². The molecule has 7 heteroatoms. The fourth-order valence-electron chi connectivity index (χ4n) is 4.84. The first-order chi connectivity index (χ1) is 19.4. The minimum atomic E-state index is -4.43. The van der Waals surface area contributed by atoms with Gasteiger partial charge in [0.25, 0.3) is 0 Å². The summed E-state index contributed by atoms with van der Waals surface area (Å²) in [7, 11) is 0. The van der Waals surface area contributed by atoms with Crippen molar-refractivity contribution >= 4 is 17.1 Å². The Bertz CT molecular complexity index is 1570. The zero-order chi connectivity index (χ0) is 29.4. The third-order valence-corrected chi connectivity index (χ3v) is 6.89. The van der Waals surface area contributed by atoms with Crippen LogP contribution in [0.2, 0.25) is 0 Å². The van der Waals surface area contributed by atoms with Crippen molar-refractivity contribution in [2.45, 2.75) is 26.2 Å². The molecule has 5 rings (SSSR count). The lowest BCUT2D eigenvalue weighted by atomic mass is 10.0. The maximum atomic E-state index is 13.2. The highest BCUT2D eigenvalue weighted by Gasteiger charge is 2.31. The summed E-state index contributed by atoms with van der Waals surface area (Å²) in [6.07, 6.45) is -8.87. The number of nitrogens with zero attached hydrogens (tertiary/aromatic N) is 1. The molecule has 0 fully saturated rings. The Kier molecular flexibility index (Phi) is 7.39.